The molecule has 0 radical (unpaired) electrons. The Morgan fingerprint density at radius 1 is 2.00 bits per heavy atom. The topological polar surface area (TPSA) is 49.7 Å². The zero-order valence-corrected chi connectivity index (χ0v) is 5.81. The fourth-order valence-corrected chi connectivity index (χ4v) is 1.43. The predicted octanol–water partition coefficient (Wildman–Crippen LogP) is 0.605. The van der Waals surface area contributed by atoms with E-state index in [0.29, 0.717) is 6.54 Å². The number of nitrogens with zero attached hydrogens (tertiary/aromatic N) is 1. The first-order valence-electron chi connectivity index (χ1n) is 2.60. The van der Waals surface area contributed by atoms with Crippen LogP contribution in [0, 0.1) is 0 Å². The second-order valence-electron chi connectivity index (χ2n) is 1.80. The summed E-state index contributed by atoms with van der Waals surface area (Å²) in [6.45, 7) is 2.26. The molecule has 1 N–H and O–H groups in total. The Kier molecular flexibility index (Phi) is 1.75. The Morgan fingerprint density at radius 3 is 2.89 bits per heavy atom. The van der Waals surface area contributed by atoms with Crippen LogP contribution in [-0.2, 0) is 4.79 Å². The Labute approximate surface area is 57.2 Å². The van der Waals surface area contributed by atoms with Crippen LogP contribution in [0.3, 0.4) is 0 Å². The maximum absolute atomic E-state index is 10.3. The van der Waals surface area contributed by atoms with Gasteiger partial charge in [0.25, 0.3) is 0 Å². The largest absolute Gasteiger partial charge is 0.480 e. The number of aliphatic carboxylic acids is 1. The fourth-order valence-electron chi connectivity index (χ4n) is 0.620. The molecular formula is C5H7NO2S. The molecule has 0 aromatic carbocycles. The highest BCUT2D eigenvalue weighted by Gasteiger charge is 2.22. The first kappa shape index (κ1) is 6.61. The van der Waals surface area contributed by atoms with Gasteiger partial charge < -0.3 is 5.11 Å². The van der Waals surface area contributed by atoms with Crippen molar-refractivity contribution in [1.29, 1.82) is 0 Å². The minimum absolute atomic E-state index is 0.329. The SMILES string of the molecule is CC1=NCC(C(=O)O)S1. The van der Waals surface area contributed by atoms with Gasteiger partial charge in [0.1, 0.15) is 5.25 Å². The molecular weight excluding hydrogens is 138 g/mol. The van der Waals surface area contributed by atoms with Crippen molar-refractivity contribution in [2.45, 2.75) is 12.2 Å². The van der Waals surface area contributed by atoms with Gasteiger partial charge in [-0.25, -0.2) is 0 Å². The molecule has 0 aromatic heterocycles. The van der Waals surface area contributed by atoms with Gasteiger partial charge in [0.05, 0.1) is 11.6 Å². The molecule has 1 rings (SSSR count). The van der Waals surface area contributed by atoms with Crippen LogP contribution in [0.4, 0.5) is 0 Å². The number of hydrogen-bond acceptors (Lipinski definition) is 3. The van der Waals surface area contributed by atoms with Gasteiger partial charge >= 0.3 is 5.97 Å². The summed E-state index contributed by atoms with van der Waals surface area (Å²) in [5.74, 6) is -0.763. The molecule has 0 saturated carbocycles. The molecule has 1 unspecified atom stereocenters. The minimum atomic E-state index is -0.763. The molecule has 50 valence electrons. The normalized spacial score (nSPS) is 25.9. The second kappa shape index (κ2) is 2.39. The number of carboxylic acid groups (broad SMARTS) is 1. The van der Waals surface area contributed by atoms with Crippen molar-refractivity contribution in [3.05, 3.63) is 0 Å². The van der Waals surface area contributed by atoms with Crippen molar-refractivity contribution < 1.29 is 9.90 Å². The van der Waals surface area contributed by atoms with E-state index in [1.54, 1.807) is 0 Å². The van der Waals surface area contributed by atoms with E-state index in [2.05, 4.69) is 4.99 Å². The molecule has 1 aliphatic heterocycles. The third kappa shape index (κ3) is 1.45. The van der Waals surface area contributed by atoms with Gasteiger partial charge in [-0.15, -0.1) is 0 Å². The molecule has 0 aliphatic carbocycles. The molecule has 0 spiro atoms. The maximum Gasteiger partial charge on any atom is 0.318 e. The standard InChI is InChI=1S/C5H7NO2S/c1-3-6-2-4(9-3)5(7)8/h4H,2H2,1H3,(H,7,8). The lowest BCUT2D eigenvalue weighted by Crippen LogP contribution is -2.16. The molecule has 0 amide bonds. The lowest BCUT2D eigenvalue weighted by Gasteiger charge is -1.96. The van der Waals surface area contributed by atoms with E-state index in [4.69, 9.17) is 5.11 Å². The summed E-state index contributed by atoms with van der Waals surface area (Å²) in [6.07, 6.45) is 0. The average molecular weight is 145 g/mol. The Bertz CT molecular complexity index is 166. The van der Waals surface area contributed by atoms with Crippen LogP contribution < -0.4 is 0 Å². The Morgan fingerprint density at radius 2 is 2.67 bits per heavy atom. The molecule has 0 aromatic rings. The number of carbonyl (C=O) groups is 1. The molecule has 0 saturated heterocycles. The second-order valence-corrected chi connectivity index (χ2v) is 3.20. The first-order chi connectivity index (χ1) is 4.20. The molecule has 1 heterocycles. The third-order valence-electron chi connectivity index (χ3n) is 1.07. The van der Waals surface area contributed by atoms with E-state index in [-0.39, 0.29) is 5.25 Å². The van der Waals surface area contributed by atoms with Crippen LogP contribution in [0.15, 0.2) is 4.99 Å². The van der Waals surface area contributed by atoms with Crippen molar-refractivity contribution >= 4 is 22.8 Å². The monoisotopic (exact) mass is 145 g/mol. The van der Waals surface area contributed by atoms with Crippen molar-refractivity contribution in [2.24, 2.45) is 4.99 Å². The number of carboxylic acids is 1. The van der Waals surface area contributed by atoms with Crippen LogP contribution in [0.1, 0.15) is 6.92 Å². The highest BCUT2D eigenvalue weighted by Crippen LogP contribution is 2.20. The van der Waals surface area contributed by atoms with E-state index >= 15 is 0 Å². The molecule has 0 bridgehead atoms. The summed E-state index contributed by atoms with van der Waals surface area (Å²) >= 11 is 1.32. The van der Waals surface area contributed by atoms with Gasteiger partial charge in [-0.2, -0.15) is 0 Å². The molecule has 3 nitrogen and oxygen atoms in total. The van der Waals surface area contributed by atoms with Gasteiger partial charge in [0.15, 0.2) is 0 Å². The van der Waals surface area contributed by atoms with Gasteiger partial charge in [-0.1, -0.05) is 11.8 Å². The number of aliphatic imine (C=N–C) groups is 1. The van der Waals surface area contributed by atoms with Gasteiger partial charge in [0, 0.05) is 0 Å². The summed E-state index contributed by atoms with van der Waals surface area (Å²) in [4.78, 5) is 14.2. The van der Waals surface area contributed by atoms with E-state index in [0.717, 1.165) is 5.04 Å². The minimum Gasteiger partial charge on any atom is -0.480 e. The lowest BCUT2D eigenvalue weighted by atomic mass is 10.4. The summed E-state index contributed by atoms with van der Waals surface area (Å²) in [5, 5.41) is 8.99. The van der Waals surface area contributed by atoms with Crippen LogP contribution in [0.5, 0.6) is 0 Å². The van der Waals surface area contributed by atoms with Crippen LogP contribution >= 0.6 is 11.8 Å². The van der Waals surface area contributed by atoms with Crippen molar-refractivity contribution in [3.63, 3.8) is 0 Å². The van der Waals surface area contributed by atoms with Crippen LogP contribution in [0.2, 0.25) is 0 Å². The van der Waals surface area contributed by atoms with E-state index < -0.39 is 5.97 Å². The fraction of sp³-hybridized carbons (Fsp3) is 0.600. The zero-order valence-electron chi connectivity index (χ0n) is 5.00. The van der Waals surface area contributed by atoms with Crippen molar-refractivity contribution in [2.75, 3.05) is 6.54 Å². The first-order valence-corrected chi connectivity index (χ1v) is 3.48. The number of thioether (sulfide) groups is 1. The average Bonchev–Trinajstić information content (AvgIpc) is 2.14. The van der Waals surface area contributed by atoms with Crippen molar-refractivity contribution in [3.8, 4) is 0 Å². The Balaban J connectivity index is 2.47. The highest BCUT2D eigenvalue weighted by molar-refractivity contribution is 8.15. The van der Waals surface area contributed by atoms with E-state index in [9.17, 15) is 4.79 Å². The molecule has 4 heteroatoms. The molecule has 0 fully saturated rings. The van der Waals surface area contributed by atoms with E-state index in [1.807, 2.05) is 6.92 Å². The zero-order chi connectivity index (χ0) is 6.85. The Hall–Kier alpha value is -0.510. The summed E-state index contributed by atoms with van der Waals surface area (Å²) in [5.41, 5.74) is 0. The molecule has 1 atom stereocenters. The molecule has 9 heavy (non-hydrogen) atoms. The van der Waals surface area contributed by atoms with E-state index in [1.165, 1.54) is 11.8 Å². The number of rotatable bonds is 1. The molecule has 1 aliphatic rings. The van der Waals surface area contributed by atoms with Gasteiger partial charge in [0.2, 0.25) is 0 Å². The quantitative estimate of drug-likeness (QED) is 0.588. The smallest absolute Gasteiger partial charge is 0.318 e. The predicted molar refractivity (Wildman–Crippen MR) is 37.0 cm³/mol. The lowest BCUT2D eigenvalue weighted by molar-refractivity contribution is -0.136. The van der Waals surface area contributed by atoms with Crippen LogP contribution in [-0.4, -0.2) is 27.9 Å². The van der Waals surface area contributed by atoms with Gasteiger partial charge in [-0.3, -0.25) is 9.79 Å². The third-order valence-corrected chi connectivity index (χ3v) is 2.17. The summed E-state index contributed by atoms with van der Waals surface area (Å²) < 4.78 is 0. The summed E-state index contributed by atoms with van der Waals surface area (Å²) in [6, 6.07) is 0. The maximum atomic E-state index is 10.3. The van der Waals surface area contributed by atoms with Crippen molar-refractivity contribution in [1.82, 2.24) is 0 Å². The highest BCUT2D eigenvalue weighted by atomic mass is 32.2. The van der Waals surface area contributed by atoms with Gasteiger partial charge in [-0.05, 0) is 6.92 Å². The summed E-state index contributed by atoms with van der Waals surface area (Å²) in [7, 11) is 0. The van der Waals surface area contributed by atoms with Crippen LogP contribution in [0.25, 0.3) is 0 Å². The number of hydrogen-bond donors (Lipinski definition) is 1.